The number of esters is 1. The van der Waals surface area contributed by atoms with E-state index >= 15 is 0 Å². The third kappa shape index (κ3) is 5.18. The van der Waals surface area contributed by atoms with Crippen molar-refractivity contribution in [3.05, 3.63) is 41.5 Å². The van der Waals surface area contributed by atoms with Crippen molar-refractivity contribution in [1.29, 1.82) is 0 Å². The Morgan fingerprint density at radius 1 is 1.26 bits per heavy atom. The van der Waals surface area contributed by atoms with Gasteiger partial charge >= 0.3 is 5.97 Å². The van der Waals surface area contributed by atoms with Gasteiger partial charge in [0.15, 0.2) is 0 Å². The lowest BCUT2D eigenvalue weighted by Gasteiger charge is -2.24. The SMILES string of the molecule is CC=C(C(=O)OCC)C(NS(=O)(=O)c1ccc(C)cc1)C(C)C. The first-order chi connectivity index (χ1) is 10.7. The summed E-state index contributed by atoms with van der Waals surface area (Å²) in [4.78, 5) is 12.2. The lowest BCUT2D eigenvalue weighted by Crippen LogP contribution is -2.42. The van der Waals surface area contributed by atoms with Gasteiger partial charge in [0.2, 0.25) is 10.0 Å². The predicted octanol–water partition coefficient (Wildman–Crippen LogP) is 2.81. The van der Waals surface area contributed by atoms with Crippen LogP contribution in [0.3, 0.4) is 0 Å². The maximum atomic E-state index is 12.6. The Hall–Kier alpha value is -1.66. The Morgan fingerprint density at radius 2 is 1.83 bits per heavy atom. The summed E-state index contributed by atoms with van der Waals surface area (Å²) >= 11 is 0. The molecule has 0 saturated carbocycles. The van der Waals surface area contributed by atoms with Crippen LogP contribution in [0.5, 0.6) is 0 Å². The van der Waals surface area contributed by atoms with Crippen LogP contribution in [-0.4, -0.2) is 27.0 Å². The van der Waals surface area contributed by atoms with E-state index in [0.29, 0.717) is 5.57 Å². The standard InChI is InChI=1S/C17H25NO4S/c1-6-15(17(19)22-7-2)16(12(3)4)18-23(20,21)14-10-8-13(5)9-11-14/h6,8-12,16,18H,7H2,1-5H3. The van der Waals surface area contributed by atoms with E-state index in [2.05, 4.69) is 4.72 Å². The van der Waals surface area contributed by atoms with Gasteiger partial charge in [0.05, 0.1) is 23.1 Å². The lowest BCUT2D eigenvalue weighted by atomic mass is 9.97. The Bertz CT molecular complexity index is 660. The maximum absolute atomic E-state index is 12.6. The summed E-state index contributed by atoms with van der Waals surface area (Å²) in [5.74, 6) is -0.605. The van der Waals surface area contributed by atoms with Crippen LogP contribution in [0, 0.1) is 12.8 Å². The first kappa shape index (κ1) is 19.4. The molecule has 0 radical (unpaired) electrons. The average molecular weight is 339 g/mol. The van der Waals surface area contributed by atoms with E-state index in [1.807, 2.05) is 20.8 Å². The summed E-state index contributed by atoms with van der Waals surface area (Å²) in [5.41, 5.74) is 1.29. The Labute approximate surface area is 138 Å². The van der Waals surface area contributed by atoms with E-state index in [4.69, 9.17) is 4.74 Å². The van der Waals surface area contributed by atoms with Crippen molar-refractivity contribution < 1.29 is 17.9 Å². The summed E-state index contributed by atoms with van der Waals surface area (Å²) in [7, 11) is -3.72. The monoisotopic (exact) mass is 339 g/mol. The van der Waals surface area contributed by atoms with E-state index in [-0.39, 0.29) is 17.4 Å². The molecule has 0 heterocycles. The van der Waals surface area contributed by atoms with Crippen LogP contribution in [0.25, 0.3) is 0 Å². The molecule has 1 atom stereocenters. The molecule has 1 N–H and O–H groups in total. The van der Waals surface area contributed by atoms with Crippen molar-refractivity contribution in [2.45, 2.75) is 45.6 Å². The third-order valence-corrected chi connectivity index (χ3v) is 4.89. The van der Waals surface area contributed by atoms with E-state index < -0.39 is 22.0 Å². The van der Waals surface area contributed by atoms with Crippen LogP contribution in [-0.2, 0) is 19.6 Å². The van der Waals surface area contributed by atoms with Gasteiger partial charge in [-0.25, -0.2) is 17.9 Å². The number of nitrogens with one attached hydrogen (secondary N) is 1. The Kier molecular flexibility index (Phi) is 6.97. The normalized spacial score (nSPS) is 13.9. The fourth-order valence-electron chi connectivity index (χ4n) is 2.15. The number of carbonyl (C=O) groups excluding carboxylic acids is 1. The zero-order chi connectivity index (χ0) is 17.6. The topological polar surface area (TPSA) is 72.5 Å². The molecule has 0 spiro atoms. The van der Waals surface area contributed by atoms with Gasteiger partial charge in [-0.1, -0.05) is 37.6 Å². The minimum atomic E-state index is -3.72. The zero-order valence-corrected chi connectivity index (χ0v) is 15.1. The van der Waals surface area contributed by atoms with Gasteiger partial charge in [-0.2, -0.15) is 0 Å². The van der Waals surface area contributed by atoms with Crippen LogP contribution >= 0.6 is 0 Å². The Balaban J connectivity index is 3.12. The molecule has 0 aliphatic rings. The number of hydrogen-bond acceptors (Lipinski definition) is 4. The fraction of sp³-hybridized carbons (Fsp3) is 0.471. The highest BCUT2D eigenvalue weighted by Gasteiger charge is 2.29. The van der Waals surface area contributed by atoms with Crippen molar-refractivity contribution in [2.75, 3.05) is 6.61 Å². The Morgan fingerprint density at radius 3 is 2.26 bits per heavy atom. The summed E-state index contributed by atoms with van der Waals surface area (Å²) in [5, 5.41) is 0. The number of allylic oxidation sites excluding steroid dienone is 1. The average Bonchev–Trinajstić information content (AvgIpc) is 2.47. The van der Waals surface area contributed by atoms with Gasteiger partial charge in [-0.15, -0.1) is 0 Å². The second-order valence-corrected chi connectivity index (χ2v) is 7.33. The van der Waals surface area contributed by atoms with E-state index in [1.54, 1.807) is 44.2 Å². The highest BCUT2D eigenvalue weighted by molar-refractivity contribution is 7.89. The molecule has 1 aromatic carbocycles. The molecule has 0 fully saturated rings. The van der Waals surface area contributed by atoms with Gasteiger partial charge in [0.1, 0.15) is 0 Å². The number of rotatable bonds is 7. The van der Waals surface area contributed by atoms with Crippen molar-refractivity contribution in [2.24, 2.45) is 5.92 Å². The zero-order valence-electron chi connectivity index (χ0n) is 14.3. The summed E-state index contributed by atoms with van der Waals surface area (Å²) < 4.78 is 32.8. The first-order valence-corrected chi connectivity index (χ1v) is 9.13. The second-order valence-electron chi connectivity index (χ2n) is 5.62. The number of sulfonamides is 1. The summed E-state index contributed by atoms with van der Waals surface area (Å²) in [6.45, 7) is 9.25. The highest BCUT2D eigenvalue weighted by Crippen LogP contribution is 2.18. The number of ether oxygens (including phenoxy) is 1. The quantitative estimate of drug-likeness (QED) is 0.612. The molecule has 0 saturated heterocycles. The van der Waals surface area contributed by atoms with E-state index in [9.17, 15) is 13.2 Å². The highest BCUT2D eigenvalue weighted by atomic mass is 32.2. The largest absolute Gasteiger partial charge is 0.463 e. The summed E-state index contributed by atoms with van der Waals surface area (Å²) in [6, 6.07) is 5.93. The molecule has 23 heavy (non-hydrogen) atoms. The molecule has 0 aliphatic carbocycles. The summed E-state index contributed by atoms with van der Waals surface area (Å²) in [6.07, 6.45) is 1.60. The fourth-order valence-corrected chi connectivity index (χ4v) is 3.51. The number of aryl methyl sites for hydroxylation is 1. The van der Waals surface area contributed by atoms with Crippen molar-refractivity contribution in [3.8, 4) is 0 Å². The molecule has 1 rings (SSSR count). The van der Waals surface area contributed by atoms with Crippen LogP contribution < -0.4 is 4.72 Å². The predicted molar refractivity (Wildman–Crippen MR) is 90.5 cm³/mol. The van der Waals surface area contributed by atoms with Gasteiger partial charge in [-0.3, -0.25) is 0 Å². The van der Waals surface area contributed by atoms with Crippen molar-refractivity contribution >= 4 is 16.0 Å². The number of carbonyl (C=O) groups is 1. The number of benzene rings is 1. The molecule has 0 aliphatic heterocycles. The molecular weight excluding hydrogens is 314 g/mol. The van der Waals surface area contributed by atoms with Crippen LogP contribution in [0.4, 0.5) is 0 Å². The first-order valence-electron chi connectivity index (χ1n) is 7.65. The molecular formula is C17H25NO4S. The second kappa shape index (κ2) is 8.26. The van der Waals surface area contributed by atoms with Crippen LogP contribution in [0.2, 0.25) is 0 Å². The maximum Gasteiger partial charge on any atom is 0.335 e. The van der Waals surface area contributed by atoms with Crippen LogP contribution in [0.15, 0.2) is 40.8 Å². The molecule has 5 nitrogen and oxygen atoms in total. The molecule has 0 bridgehead atoms. The van der Waals surface area contributed by atoms with Gasteiger partial charge in [-0.05, 0) is 38.8 Å². The molecule has 0 aromatic heterocycles. The van der Waals surface area contributed by atoms with Crippen molar-refractivity contribution in [3.63, 3.8) is 0 Å². The molecule has 1 aromatic rings. The van der Waals surface area contributed by atoms with Crippen LogP contribution in [0.1, 0.15) is 33.3 Å². The minimum Gasteiger partial charge on any atom is -0.463 e. The van der Waals surface area contributed by atoms with Crippen molar-refractivity contribution in [1.82, 2.24) is 4.72 Å². The lowest BCUT2D eigenvalue weighted by molar-refractivity contribution is -0.139. The van der Waals surface area contributed by atoms with Gasteiger partial charge in [0, 0.05) is 0 Å². The van der Waals surface area contributed by atoms with Gasteiger partial charge in [0.25, 0.3) is 0 Å². The van der Waals surface area contributed by atoms with Gasteiger partial charge < -0.3 is 4.74 Å². The number of hydrogen-bond donors (Lipinski definition) is 1. The van der Waals surface area contributed by atoms with E-state index in [1.165, 1.54) is 0 Å². The van der Waals surface area contributed by atoms with E-state index in [0.717, 1.165) is 5.56 Å². The molecule has 0 amide bonds. The molecule has 1 unspecified atom stereocenters. The molecule has 6 heteroatoms. The third-order valence-electron chi connectivity index (χ3n) is 3.44. The minimum absolute atomic E-state index is 0.106. The smallest absolute Gasteiger partial charge is 0.335 e. The molecule has 128 valence electrons.